The van der Waals surface area contributed by atoms with Crippen molar-refractivity contribution in [2.45, 2.75) is 12.7 Å². The highest BCUT2D eigenvalue weighted by Gasteiger charge is 2.14. The molecule has 5 nitrogen and oxygen atoms in total. The number of hydrogen-bond donors (Lipinski definition) is 2. The maximum Gasteiger partial charge on any atom is 0.248 e. The highest BCUT2D eigenvalue weighted by Crippen LogP contribution is 2.30. The zero-order valence-corrected chi connectivity index (χ0v) is 13.7. The number of aliphatic hydroxyl groups excluding tert-OH is 1. The highest BCUT2D eigenvalue weighted by molar-refractivity contribution is 5.87. The molecule has 25 heavy (non-hydrogen) atoms. The van der Waals surface area contributed by atoms with Gasteiger partial charge in [0, 0.05) is 18.6 Å². The minimum absolute atomic E-state index is 0.143. The van der Waals surface area contributed by atoms with Crippen LogP contribution in [-0.2, 0) is 11.3 Å². The summed E-state index contributed by atoms with van der Waals surface area (Å²) < 4.78 is 23.8. The van der Waals surface area contributed by atoms with Crippen molar-refractivity contribution < 1.29 is 19.0 Å². The average Bonchev–Trinajstić information content (AvgIpc) is 2.61. The van der Waals surface area contributed by atoms with E-state index >= 15 is 0 Å². The molecule has 0 aliphatic heterocycles. The predicted octanol–water partition coefficient (Wildman–Crippen LogP) is 2.93. The minimum Gasteiger partial charge on any atom is -0.487 e. The number of aliphatic hydroxyl groups is 1. The van der Waals surface area contributed by atoms with Crippen LogP contribution in [0.25, 0.3) is 10.9 Å². The van der Waals surface area contributed by atoms with Crippen LogP contribution in [0.15, 0.2) is 53.3 Å². The number of ether oxygens (including phenoxy) is 2. The second kappa shape index (κ2) is 7.46. The molecule has 1 aromatic heterocycles. The molecular formula is C19H18FNO4. The van der Waals surface area contributed by atoms with Crippen LogP contribution in [0.3, 0.4) is 0 Å². The Bertz CT molecular complexity index is 921. The SMILES string of the molecule is COCC(O)c1ccc(OCc2ccc(F)cc2)c2[nH]c(=O)ccc12. The van der Waals surface area contributed by atoms with Crippen molar-refractivity contribution in [3.8, 4) is 5.75 Å². The molecule has 130 valence electrons. The van der Waals surface area contributed by atoms with E-state index in [4.69, 9.17) is 9.47 Å². The van der Waals surface area contributed by atoms with Crippen molar-refractivity contribution in [2.75, 3.05) is 13.7 Å². The molecule has 0 aliphatic rings. The molecule has 1 unspecified atom stereocenters. The number of hydrogen-bond acceptors (Lipinski definition) is 4. The van der Waals surface area contributed by atoms with E-state index in [2.05, 4.69) is 4.98 Å². The lowest BCUT2D eigenvalue weighted by Crippen LogP contribution is -2.09. The Balaban J connectivity index is 1.95. The van der Waals surface area contributed by atoms with E-state index in [0.29, 0.717) is 22.2 Å². The summed E-state index contributed by atoms with van der Waals surface area (Å²) in [5.41, 5.74) is 1.68. The van der Waals surface area contributed by atoms with E-state index in [-0.39, 0.29) is 24.6 Å². The third-order valence-corrected chi connectivity index (χ3v) is 3.88. The Morgan fingerprint density at radius 2 is 1.88 bits per heavy atom. The van der Waals surface area contributed by atoms with Crippen molar-refractivity contribution in [3.63, 3.8) is 0 Å². The molecule has 0 fully saturated rings. The molecule has 2 aromatic carbocycles. The van der Waals surface area contributed by atoms with E-state index in [1.807, 2.05) is 0 Å². The van der Waals surface area contributed by atoms with Crippen molar-refractivity contribution >= 4 is 10.9 Å². The molecular weight excluding hydrogens is 325 g/mol. The van der Waals surface area contributed by atoms with Gasteiger partial charge >= 0.3 is 0 Å². The van der Waals surface area contributed by atoms with Gasteiger partial charge in [-0.3, -0.25) is 4.79 Å². The highest BCUT2D eigenvalue weighted by atomic mass is 19.1. The summed E-state index contributed by atoms with van der Waals surface area (Å²) in [5, 5.41) is 10.9. The van der Waals surface area contributed by atoms with Crippen LogP contribution >= 0.6 is 0 Å². The first kappa shape index (κ1) is 17.1. The van der Waals surface area contributed by atoms with Crippen LogP contribution in [0, 0.1) is 5.82 Å². The first-order valence-electron chi connectivity index (χ1n) is 7.78. The van der Waals surface area contributed by atoms with Crippen LogP contribution in [0.2, 0.25) is 0 Å². The lowest BCUT2D eigenvalue weighted by atomic mass is 10.0. The Kier molecular flexibility index (Phi) is 5.11. The number of H-pyrrole nitrogens is 1. The van der Waals surface area contributed by atoms with E-state index in [0.717, 1.165) is 5.56 Å². The number of aromatic nitrogens is 1. The molecule has 0 aliphatic carbocycles. The summed E-state index contributed by atoms with van der Waals surface area (Å²) in [5.74, 6) is 0.167. The number of fused-ring (bicyclic) bond motifs is 1. The molecule has 0 bridgehead atoms. The number of pyridine rings is 1. The van der Waals surface area contributed by atoms with E-state index in [1.54, 1.807) is 30.3 Å². The van der Waals surface area contributed by atoms with Gasteiger partial charge in [-0.2, -0.15) is 0 Å². The molecule has 0 spiro atoms. The van der Waals surface area contributed by atoms with Gasteiger partial charge in [-0.15, -0.1) is 0 Å². The van der Waals surface area contributed by atoms with Gasteiger partial charge in [0.1, 0.15) is 24.3 Å². The Hall–Kier alpha value is -2.70. The maximum atomic E-state index is 13.0. The molecule has 0 radical (unpaired) electrons. The van der Waals surface area contributed by atoms with Crippen molar-refractivity contribution in [1.82, 2.24) is 4.98 Å². The normalized spacial score (nSPS) is 12.3. The Labute approximate surface area is 143 Å². The zero-order chi connectivity index (χ0) is 17.8. The van der Waals surface area contributed by atoms with Crippen LogP contribution in [0.1, 0.15) is 17.2 Å². The van der Waals surface area contributed by atoms with Crippen LogP contribution in [0.4, 0.5) is 4.39 Å². The van der Waals surface area contributed by atoms with Crippen molar-refractivity contribution in [2.24, 2.45) is 0 Å². The summed E-state index contributed by atoms with van der Waals surface area (Å²) in [4.78, 5) is 14.5. The van der Waals surface area contributed by atoms with Crippen LogP contribution in [0.5, 0.6) is 5.75 Å². The van der Waals surface area contributed by atoms with Gasteiger partial charge in [-0.05, 0) is 35.4 Å². The van der Waals surface area contributed by atoms with Crippen molar-refractivity contribution in [3.05, 3.63) is 75.8 Å². The van der Waals surface area contributed by atoms with Gasteiger partial charge in [-0.25, -0.2) is 4.39 Å². The molecule has 6 heteroatoms. The van der Waals surface area contributed by atoms with Gasteiger partial charge in [0.25, 0.3) is 0 Å². The third kappa shape index (κ3) is 3.87. The first-order chi connectivity index (χ1) is 12.1. The lowest BCUT2D eigenvalue weighted by Gasteiger charge is -2.15. The van der Waals surface area contributed by atoms with Crippen LogP contribution in [-0.4, -0.2) is 23.8 Å². The summed E-state index contributed by atoms with van der Waals surface area (Å²) >= 11 is 0. The fourth-order valence-electron chi connectivity index (χ4n) is 2.65. The van der Waals surface area contributed by atoms with Crippen molar-refractivity contribution in [1.29, 1.82) is 0 Å². The number of nitrogens with one attached hydrogen (secondary N) is 1. The van der Waals surface area contributed by atoms with E-state index < -0.39 is 6.10 Å². The summed E-state index contributed by atoms with van der Waals surface area (Å²) in [6, 6.07) is 12.5. The smallest absolute Gasteiger partial charge is 0.248 e. The first-order valence-corrected chi connectivity index (χ1v) is 7.78. The largest absolute Gasteiger partial charge is 0.487 e. The Morgan fingerprint density at radius 1 is 1.12 bits per heavy atom. The second-order valence-electron chi connectivity index (χ2n) is 5.65. The van der Waals surface area contributed by atoms with E-state index in [1.165, 1.54) is 25.3 Å². The molecule has 0 amide bonds. The topological polar surface area (TPSA) is 71.5 Å². The van der Waals surface area contributed by atoms with Gasteiger partial charge < -0.3 is 19.6 Å². The zero-order valence-electron chi connectivity index (χ0n) is 13.7. The molecule has 3 rings (SSSR count). The van der Waals surface area contributed by atoms with E-state index in [9.17, 15) is 14.3 Å². The second-order valence-corrected chi connectivity index (χ2v) is 5.65. The number of methoxy groups -OCH3 is 1. The predicted molar refractivity (Wildman–Crippen MR) is 92.1 cm³/mol. The third-order valence-electron chi connectivity index (χ3n) is 3.88. The Morgan fingerprint density at radius 3 is 2.60 bits per heavy atom. The maximum absolute atomic E-state index is 13.0. The molecule has 0 saturated heterocycles. The number of halogens is 1. The molecule has 3 aromatic rings. The fourth-order valence-corrected chi connectivity index (χ4v) is 2.65. The van der Waals surface area contributed by atoms with Gasteiger partial charge in [0.05, 0.1) is 12.1 Å². The quantitative estimate of drug-likeness (QED) is 0.722. The van der Waals surface area contributed by atoms with Crippen LogP contribution < -0.4 is 10.3 Å². The lowest BCUT2D eigenvalue weighted by molar-refractivity contribution is 0.0652. The summed E-state index contributed by atoms with van der Waals surface area (Å²) in [7, 11) is 1.51. The average molecular weight is 343 g/mol. The summed E-state index contributed by atoms with van der Waals surface area (Å²) in [6.45, 7) is 0.371. The molecule has 1 heterocycles. The number of benzene rings is 2. The number of aromatic amines is 1. The molecule has 2 N–H and O–H groups in total. The fraction of sp³-hybridized carbons (Fsp3) is 0.211. The molecule has 1 atom stereocenters. The monoisotopic (exact) mass is 343 g/mol. The molecule has 0 saturated carbocycles. The summed E-state index contributed by atoms with van der Waals surface area (Å²) in [6.07, 6.45) is -0.815. The standard InChI is InChI=1S/C19H18FNO4/c1-24-11-16(22)14-6-8-17(19-15(14)7-9-18(23)21-19)25-10-12-2-4-13(20)5-3-12/h2-9,16,22H,10-11H2,1H3,(H,21,23). The van der Waals surface area contributed by atoms with Gasteiger partial charge in [0.2, 0.25) is 5.56 Å². The minimum atomic E-state index is -0.815. The number of rotatable bonds is 6. The van der Waals surface area contributed by atoms with Gasteiger partial charge in [-0.1, -0.05) is 18.2 Å². The van der Waals surface area contributed by atoms with Gasteiger partial charge in [0.15, 0.2) is 0 Å².